The van der Waals surface area contributed by atoms with E-state index in [2.05, 4.69) is 20.8 Å². The van der Waals surface area contributed by atoms with Gasteiger partial charge < -0.3 is 21.1 Å². The number of aromatic nitrogens is 1. The fourth-order valence-corrected chi connectivity index (χ4v) is 2.34. The normalized spacial score (nSPS) is 13.1. The molecule has 0 atom stereocenters. The van der Waals surface area contributed by atoms with Crippen LogP contribution in [0.1, 0.15) is 26.4 Å². The van der Waals surface area contributed by atoms with Gasteiger partial charge in [0.2, 0.25) is 0 Å². The van der Waals surface area contributed by atoms with Crippen LogP contribution >= 0.6 is 0 Å². The van der Waals surface area contributed by atoms with Crippen molar-refractivity contribution in [2.24, 2.45) is 5.10 Å². The molecule has 0 radical (unpaired) electrons. The van der Waals surface area contributed by atoms with Gasteiger partial charge in [-0.15, -0.1) is 0 Å². The van der Waals surface area contributed by atoms with Crippen LogP contribution in [0, 0.1) is 0 Å². The lowest BCUT2D eigenvalue weighted by Gasteiger charge is -2.02. The number of carbonyl (C=O) groups excluding carboxylic acids is 2. The fourth-order valence-electron chi connectivity index (χ4n) is 2.34. The Bertz CT molecular complexity index is 778. The van der Waals surface area contributed by atoms with E-state index in [1.165, 1.54) is 6.21 Å². The molecule has 0 bridgehead atoms. The molecule has 0 aliphatic carbocycles. The van der Waals surface area contributed by atoms with Crippen LogP contribution in [0.2, 0.25) is 0 Å². The third kappa shape index (κ3) is 2.11. The van der Waals surface area contributed by atoms with Crippen LogP contribution in [0.3, 0.4) is 0 Å². The van der Waals surface area contributed by atoms with E-state index in [1.807, 2.05) is 0 Å². The predicted molar refractivity (Wildman–Crippen MR) is 77.2 cm³/mol. The second-order valence-electron chi connectivity index (χ2n) is 4.58. The number of benzene rings is 1. The zero-order valence-corrected chi connectivity index (χ0v) is 10.9. The van der Waals surface area contributed by atoms with Crippen molar-refractivity contribution < 1.29 is 14.7 Å². The fraction of sp³-hybridized carbons (Fsp3) is 0.154. The second kappa shape index (κ2) is 4.91. The molecule has 1 aliphatic heterocycles. The molecule has 2 aromatic rings. The monoisotopic (exact) mass is 287 g/mol. The van der Waals surface area contributed by atoms with E-state index in [-0.39, 0.29) is 30.7 Å². The summed E-state index contributed by atoms with van der Waals surface area (Å²) >= 11 is 0. The summed E-state index contributed by atoms with van der Waals surface area (Å²) in [6.45, 7) is -0.0232. The average Bonchev–Trinajstić information content (AvgIpc) is 2.73. The van der Waals surface area contributed by atoms with E-state index in [1.54, 1.807) is 12.1 Å². The largest absolute Gasteiger partial charge is 0.399 e. The van der Waals surface area contributed by atoms with Crippen molar-refractivity contribution in [2.75, 3.05) is 18.9 Å². The number of carbonyl (C=O) groups is 2. The van der Waals surface area contributed by atoms with Gasteiger partial charge in [0.15, 0.2) is 0 Å². The van der Waals surface area contributed by atoms with Gasteiger partial charge in [-0.3, -0.25) is 9.59 Å². The first kappa shape index (κ1) is 13.1. The number of aromatic amines is 1. The number of hydrogen-bond donors (Lipinski definition) is 5. The van der Waals surface area contributed by atoms with Crippen molar-refractivity contribution in [3.63, 3.8) is 0 Å². The van der Waals surface area contributed by atoms with Gasteiger partial charge in [-0.1, -0.05) is 0 Å². The lowest BCUT2D eigenvalue weighted by molar-refractivity contribution is 0.0937. The molecule has 2 heterocycles. The van der Waals surface area contributed by atoms with Crippen LogP contribution < -0.4 is 16.5 Å². The highest BCUT2D eigenvalue weighted by atomic mass is 16.3. The maximum Gasteiger partial charge on any atom is 0.272 e. The van der Waals surface area contributed by atoms with E-state index in [0.29, 0.717) is 27.7 Å². The Morgan fingerprint density at radius 3 is 3.00 bits per heavy atom. The Morgan fingerprint density at radius 1 is 1.43 bits per heavy atom. The van der Waals surface area contributed by atoms with Crippen molar-refractivity contribution in [3.05, 3.63) is 29.0 Å². The summed E-state index contributed by atoms with van der Waals surface area (Å²) in [5.41, 5.74) is 10.3. The Balaban J connectivity index is 2.23. The number of aliphatic hydroxyl groups excluding tert-OH is 1. The molecule has 0 spiro atoms. The van der Waals surface area contributed by atoms with Gasteiger partial charge in [0, 0.05) is 28.7 Å². The zero-order chi connectivity index (χ0) is 15.0. The minimum Gasteiger partial charge on any atom is -0.399 e. The summed E-state index contributed by atoms with van der Waals surface area (Å²) < 4.78 is 0. The zero-order valence-electron chi connectivity index (χ0n) is 10.9. The molecule has 3 rings (SSSR count). The topological polar surface area (TPSA) is 133 Å². The molecule has 1 aliphatic rings. The summed E-state index contributed by atoms with van der Waals surface area (Å²) in [4.78, 5) is 27.0. The van der Waals surface area contributed by atoms with Crippen LogP contribution in [-0.2, 0) is 0 Å². The van der Waals surface area contributed by atoms with Crippen molar-refractivity contribution in [1.82, 2.24) is 15.7 Å². The molecule has 21 heavy (non-hydrogen) atoms. The molecule has 1 aromatic heterocycles. The predicted octanol–water partition coefficient (Wildman–Crippen LogP) is -0.451. The Labute approximate surface area is 119 Å². The van der Waals surface area contributed by atoms with Gasteiger partial charge in [0.05, 0.1) is 18.4 Å². The highest BCUT2D eigenvalue weighted by Crippen LogP contribution is 2.28. The number of nitrogen functional groups attached to an aromatic ring is 1. The Morgan fingerprint density at radius 2 is 2.24 bits per heavy atom. The summed E-state index contributed by atoms with van der Waals surface area (Å²) in [5, 5.41) is 15.7. The Hall–Kier alpha value is -2.87. The summed E-state index contributed by atoms with van der Waals surface area (Å²) in [5.74, 6) is -0.774. The third-order valence-corrected chi connectivity index (χ3v) is 3.19. The van der Waals surface area contributed by atoms with Gasteiger partial charge in [0.25, 0.3) is 11.8 Å². The summed E-state index contributed by atoms with van der Waals surface area (Å²) in [6, 6.07) is 3.19. The van der Waals surface area contributed by atoms with Gasteiger partial charge in [-0.2, -0.15) is 5.10 Å². The van der Waals surface area contributed by atoms with Crippen LogP contribution in [0.15, 0.2) is 17.2 Å². The Kier molecular flexibility index (Phi) is 3.07. The quantitative estimate of drug-likeness (QED) is 0.489. The first-order valence-electron chi connectivity index (χ1n) is 6.29. The van der Waals surface area contributed by atoms with Crippen molar-refractivity contribution in [2.45, 2.75) is 0 Å². The first-order valence-corrected chi connectivity index (χ1v) is 6.29. The van der Waals surface area contributed by atoms with Crippen LogP contribution in [-0.4, -0.2) is 41.3 Å². The van der Waals surface area contributed by atoms with Crippen molar-refractivity contribution in [1.29, 1.82) is 0 Å². The number of amides is 2. The molecule has 0 saturated heterocycles. The lowest BCUT2D eigenvalue weighted by atomic mass is 10.0. The molecular formula is C13H13N5O3. The molecule has 108 valence electrons. The number of rotatable bonds is 3. The van der Waals surface area contributed by atoms with Crippen LogP contribution in [0.5, 0.6) is 0 Å². The van der Waals surface area contributed by atoms with Crippen LogP contribution in [0.25, 0.3) is 10.9 Å². The molecule has 8 heteroatoms. The molecule has 2 amide bonds. The molecule has 0 fully saturated rings. The molecule has 1 aromatic carbocycles. The standard InChI is InChI=1S/C13H13N5O3/c14-6-3-7-10-8(5-16-18-12(7)20)11(17-9(10)4-6)13(21)15-1-2-19/h3-5,17,19H,1-2,14H2,(H,15,21)(H,18,20). The van der Waals surface area contributed by atoms with E-state index in [0.717, 1.165) is 0 Å². The van der Waals surface area contributed by atoms with Crippen molar-refractivity contribution in [3.8, 4) is 0 Å². The second-order valence-corrected chi connectivity index (χ2v) is 4.58. The lowest BCUT2D eigenvalue weighted by Crippen LogP contribution is -2.27. The van der Waals surface area contributed by atoms with Gasteiger partial charge in [-0.25, -0.2) is 5.43 Å². The smallest absolute Gasteiger partial charge is 0.272 e. The third-order valence-electron chi connectivity index (χ3n) is 3.19. The highest BCUT2D eigenvalue weighted by molar-refractivity contribution is 6.19. The minimum absolute atomic E-state index is 0.136. The number of nitrogens with one attached hydrogen (secondary N) is 3. The molecule has 0 unspecified atom stereocenters. The minimum atomic E-state index is -0.388. The molecular weight excluding hydrogens is 274 g/mol. The molecule has 8 nitrogen and oxygen atoms in total. The van der Waals surface area contributed by atoms with Gasteiger partial charge in [-0.05, 0) is 12.1 Å². The number of anilines is 1. The first-order chi connectivity index (χ1) is 10.1. The average molecular weight is 287 g/mol. The van der Waals surface area contributed by atoms with Gasteiger partial charge in [0.1, 0.15) is 5.69 Å². The number of aliphatic hydroxyl groups is 1. The number of hydrogen-bond acceptors (Lipinski definition) is 5. The van der Waals surface area contributed by atoms with Crippen molar-refractivity contribution >= 4 is 34.6 Å². The SMILES string of the molecule is Nc1cc2c3c(c(C(=O)NCCO)[nH]c3c1)C=NNC2=O. The summed E-state index contributed by atoms with van der Waals surface area (Å²) in [6.07, 6.45) is 1.41. The number of nitrogens with two attached hydrogens (primary N) is 1. The van der Waals surface area contributed by atoms with E-state index in [9.17, 15) is 9.59 Å². The molecule has 6 N–H and O–H groups in total. The van der Waals surface area contributed by atoms with E-state index >= 15 is 0 Å². The van der Waals surface area contributed by atoms with Crippen LogP contribution in [0.4, 0.5) is 5.69 Å². The molecule has 0 saturated carbocycles. The number of hydrazone groups is 1. The van der Waals surface area contributed by atoms with E-state index < -0.39 is 0 Å². The van der Waals surface area contributed by atoms with E-state index in [4.69, 9.17) is 10.8 Å². The maximum absolute atomic E-state index is 12.1. The number of H-pyrrole nitrogens is 1. The number of nitrogens with zero attached hydrogens (tertiary/aromatic N) is 1. The highest BCUT2D eigenvalue weighted by Gasteiger charge is 2.23. The maximum atomic E-state index is 12.1. The van der Waals surface area contributed by atoms with Gasteiger partial charge >= 0.3 is 0 Å². The summed E-state index contributed by atoms with van der Waals surface area (Å²) in [7, 11) is 0.